The van der Waals surface area contributed by atoms with Gasteiger partial charge in [-0.15, -0.1) is 11.6 Å². The Hall–Kier alpha value is -2.73. The number of carboxylic acids is 1. The fourth-order valence-corrected chi connectivity index (χ4v) is 3.92. The van der Waals surface area contributed by atoms with Gasteiger partial charge in [-0.3, -0.25) is 9.59 Å². The summed E-state index contributed by atoms with van der Waals surface area (Å²) in [5.41, 5.74) is 1.65. The van der Waals surface area contributed by atoms with Crippen molar-refractivity contribution in [3.8, 4) is 11.5 Å². The number of rotatable bonds is 5. The van der Waals surface area contributed by atoms with Crippen LogP contribution in [0.4, 0.5) is 0 Å². The van der Waals surface area contributed by atoms with E-state index in [-0.39, 0.29) is 12.7 Å². The van der Waals surface area contributed by atoms with Gasteiger partial charge in [0.05, 0.1) is 6.04 Å². The molecule has 2 aliphatic heterocycles. The van der Waals surface area contributed by atoms with Crippen LogP contribution in [-0.4, -0.2) is 41.1 Å². The third-order valence-electron chi connectivity index (χ3n) is 4.98. The van der Waals surface area contributed by atoms with Crippen molar-refractivity contribution in [1.29, 1.82) is 0 Å². The van der Waals surface area contributed by atoms with Crippen LogP contribution in [0.5, 0.6) is 11.5 Å². The summed E-state index contributed by atoms with van der Waals surface area (Å²) in [6.45, 7) is 0.503. The van der Waals surface area contributed by atoms with Crippen molar-refractivity contribution in [2.45, 2.75) is 18.4 Å². The van der Waals surface area contributed by atoms with Crippen LogP contribution in [0.3, 0.4) is 0 Å². The van der Waals surface area contributed by atoms with Crippen LogP contribution >= 0.6 is 11.6 Å². The van der Waals surface area contributed by atoms with E-state index in [1.54, 1.807) is 47.4 Å². The number of carboxylic acid groups (broad SMARTS) is 1. The second-order valence-corrected chi connectivity index (χ2v) is 6.88. The summed E-state index contributed by atoms with van der Waals surface area (Å²) in [4.78, 5) is 27.0. The van der Waals surface area contributed by atoms with Gasteiger partial charge in [0, 0.05) is 18.0 Å². The summed E-state index contributed by atoms with van der Waals surface area (Å²) in [6, 6.07) is 11.6. The number of aliphatic carboxylic acids is 1. The molecule has 6 nitrogen and oxygen atoms in total. The predicted molar refractivity (Wildman–Crippen MR) is 98.5 cm³/mol. The van der Waals surface area contributed by atoms with Crippen LogP contribution in [0, 0.1) is 0 Å². The summed E-state index contributed by atoms with van der Waals surface area (Å²) in [7, 11) is 0. The lowest BCUT2D eigenvalue weighted by molar-refractivity contribution is -0.140. The van der Waals surface area contributed by atoms with Gasteiger partial charge in [0.1, 0.15) is 5.92 Å². The molecule has 2 aliphatic rings. The molecular formula is C20H18ClNO5. The molecule has 0 aliphatic carbocycles. The van der Waals surface area contributed by atoms with Crippen molar-refractivity contribution in [1.82, 2.24) is 4.90 Å². The number of alkyl halides is 1. The Bertz CT molecular complexity index is 900. The number of hydrogen-bond donors (Lipinski definition) is 1. The molecule has 0 saturated carbocycles. The average molecular weight is 388 g/mol. The lowest BCUT2D eigenvalue weighted by Crippen LogP contribution is -2.45. The van der Waals surface area contributed by atoms with E-state index in [1.165, 1.54) is 0 Å². The molecule has 27 heavy (non-hydrogen) atoms. The van der Waals surface area contributed by atoms with Gasteiger partial charge in [-0.2, -0.15) is 0 Å². The van der Waals surface area contributed by atoms with E-state index in [4.69, 9.17) is 21.1 Å². The summed E-state index contributed by atoms with van der Waals surface area (Å²) >= 11 is 5.85. The fourth-order valence-electron chi connectivity index (χ4n) is 3.80. The minimum atomic E-state index is -0.978. The highest BCUT2D eigenvalue weighted by atomic mass is 35.5. The Kier molecular flexibility index (Phi) is 4.66. The van der Waals surface area contributed by atoms with E-state index >= 15 is 0 Å². The van der Waals surface area contributed by atoms with Crippen LogP contribution in [0.25, 0.3) is 0 Å². The molecule has 140 valence electrons. The van der Waals surface area contributed by atoms with Crippen molar-refractivity contribution in [3.63, 3.8) is 0 Å². The number of amides is 1. The molecule has 2 aromatic carbocycles. The first-order valence-corrected chi connectivity index (χ1v) is 9.23. The molecule has 0 radical (unpaired) electrons. The maximum absolute atomic E-state index is 13.1. The van der Waals surface area contributed by atoms with Gasteiger partial charge in [0.15, 0.2) is 11.5 Å². The zero-order valence-electron chi connectivity index (χ0n) is 14.4. The topological polar surface area (TPSA) is 76.1 Å². The van der Waals surface area contributed by atoms with E-state index in [0.717, 1.165) is 0 Å². The number of nitrogens with zero attached hydrogens (tertiary/aromatic N) is 1. The van der Waals surface area contributed by atoms with Gasteiger partial charge in [0.25, 0.3) is 5.91 Å². The standard InChI is InChI=1S/C20H18ClNO5/c21-8-3-9-22-18(12-6-7-15-16(10-12)27-11-26-15)17(20(24)25)13-4-1-2-5-14(13)19(22)23/h1-2,4-7,10,17-18H,3,8-9,11H2,(H,24,25)/t17-,18+/m1/s1. The van der Waals surface area contributed by atoms with Crippen LogP contribution in [0.15, 0.2) is 42.5 Å². The van der Waals surface area contributed by atoms with Gasteiger partial charge in [-0.05, 0) is 35.7 Å². The Morgan fingerprint density at radius 2 is 1.96 bits per heavy atom. The largest absolute Gasteiger partial charge is 0.481 e. The first kappa shape index (κ1) is 17.7. The molecule has 1 N–H and O–H groups in total. The Morgan fingerprint density at radius 1 is 1.19 bits per heavy atom. The number of halogens is 1. The summed E-state index contributed by atoms with van der Waals surface area (Å²) in [5, 5.41) is 10.0. The van der Waals surface area contributed by atoms with Crippen LogP contribution in [-0.2, 0) is 4.79 Å². The van der Waals surface area contributed by atoms with Gasteiger partial charge >= 0.3 is 5.97 Å². The van der Waals surface area contributed by atoms with E-state index in [9.17, 15) is 14.7 Å². The Balaban J connectivity index is 1.86. The molecule has 7 heteroatoms. The van der Waals surface area contributed by atoms with Crippen molar-refractivity contribution < 1.29 is 24.2 Å². The van der Waals surface area contributed by atoms with Gasteiger partial charge in [-0.1, -0.05) is 24.3 Å². The molecule has 0 spiro atoms. The van der Waals surface area contributed by atoms with Crippen molar-refractivity contribution in [2.24, 2.45) is 0 Å². The molecule has 2 heterocycles. The molecule has 0 saturated heterocycles. The van der Waals surface area contributed by atoms with Crippen LogP contribution in [0.2, 0.25) is 0 Å². The number of carbonyl (C=O) groups excluding carboxylic acids is 1. The average Bonchev–Trinajstić information content (AvgIpc) is 3.14. The fraction of sp³-hybridized carbons (Fsp3) is 0.300. The second kappa shape index (κ2) is 7.12. The van der Waals surface area contributed by atoms with E-state index < -0.39 is 17.9 Å². The summed E-state index contributed by atoms with van der Waals surface area (Å²) in [6.07, 6.45) is 0.572. The second-order valence-electron chi connectivity index (χ2n) is 6.50. The highest BCUT2D eigenvalue weighted by Crippen LogP contribution is 2.45. The van der Waals surface area contributed by atoms with Crippen LogP contribution in [0.1, 0.15) is 39.9 Å². The normalized spacial score (nSPS) is 20.5. The maximum atomic E-state index is 13.1. The highest BCUT2D eigenvalue weighted by Gasteiger charge is 2.44. The Morgan fingerprint density at radius 3 is 2.74 bits per heavy atom. The van der Waals surface area contributed by atoms with Crippen molar-refractivity contribution in [3.05, 3.63) is 59.2 Å². The number of ether oxygens (including phenoxy) is 2. The minimum absolute atomic E-state index is 0.129. The summed E-state index contributed by atoms with van der Waals surface area (Å²) in [5.74, 6) is -0.489. The smallest absolute Gasteiger partial charge is 0.313 e. The van der Waals surface area contributed by atoms with Crippen LogP contribution < -0.4 is 9.47 Å². The zero-order chi connectivity index (χ0) is 19.0. The third-order valence-corrected chi connectivity index (χ3v) is 5.24. The van der Waals surface area contributed by atoms with Crippen molar-refractivity contribution >= 4 is 23.5 Å². The van der Waals surface area contributed by atoms with E-state index in [1.807, 2.05) is 0 Å². The first-order chi connectivity index (χ1) is 13.1. The first-order valence-electron chi connectivity index (χ1n) is 8.70. The molecule has 2 aromatic rings. The van der Waals surface area contributed by atoms with E-state index in [0.29, 0.717) is 47.0 Å². The lowest BCUT2D eigenvalue weighted by Gasteiger charge is -2.40. The highest BCUT2D eigenvalue weighted by molar-refractivity contribution is 6.17. The van der Waals surface area contributed by atoms with Crippen molar-refractivity contribution in [2.75, 3.05) is 19.2 Å². The molecular weight excluding hydrogens is 370 g/mol. The number of benzene rings is 2. The van der Waals surface area contributed by atoms with Gasteiger partial charge in [-0.25, -0.2) is 0 Å². The number of hydrogen-bond acceptors (Lipinski definition) is 4. The third kappa shape index (κ3) is 3.00. The summed E-state index contributed by atoms with van der Waals surface area (Å²) < 4.78 is 10.8. The van der Waals surface area contributed by atoms with Gasteiger partial charge in [0.2, 0.25) is 6.79 Å². The quantitative estimate of drug-likeness (QED) is 0.795. The molecule has 1 amide bonds. The number of carbonyl (C=O) groups is 2. The number of fused-ring (bicyclic) bond motifs is 2. The maximum Gasteiger partial charge on any atom is 0.313 e. The molecule has 0 fully saturated rings. The molecule has 0 unspecified atom stereocenters. The Labute approximate surface area is 161 Å². The monoisotopic (exact) mass is 387 g/mol. The van der Waals surface area contributed by atoms with Gasteiger partial charge < -0.3 is 19.5 Å². The SMILES string of the molecule is O=C(O)[C@@H]1c2ccccc2C(=O)N(CCCCl)[C@H]1c1ccc2c(c1)OCO2. The molecule has 0 bridgehead atoms. The van der Waals surface area contributed by atoms with E-state index in [2.05, 4.69) is 0 Å². The molecule has 0 aromatic heterocycles. The molecule has 2 atom stereocenters. The minimum Gasteiger partial charge on any atom is -0.481 e. The molecule has 4 rings (SSSR count). The zero-order valence-corrected chi connectivity index (χ0v) is 15.2. The predicted octanol–water partition coefficient (Wildman–Crippen LogP) is 3.41. The lowest BCUT2D eigenvalue weighted by atomic mass is 9.79.